The first-order valence-electron chi connectivity index (χ1n) is 12.6. The second-order valence-corrected chi connectivity index (χ2v) is 11.9. The zero-order chi connectivity index (χ0) is 28.4. The molecule has 3 rings (SSSR count). The molecule has 0 saturated carbocycles. The van der Waals surface area contributed by atoms with Crippen LogP contribution in [-0.4, -0.2) is 57.6 Å². The lowest BCUT2D eigenvalue weighted by Gasteiger charge is -2.33. The molecule has 2 amide bonds. The number of amides is 2. The van der Waals surface area contributed by atoms with Crippen molar-refractivity contribution in [3.05, 3.63) is 94.5 Å². The van der Waals surface area contributed by atoms with Crippen molar-refractivity contribution in [1.82, 2.24) is 10.2 Å². The van der Waals surface area contributed by atoms with Gasteiger partial charge >= 0.3 is 0 Å². The average molecular weight is 617 g/mol. The molecule has 3 aromatic carbocycles. The van der Waals surface area contributed by atoms with E-state index in [1.807, 2.05) is 61.5 Å². The second kappa shape index (κ2) is 14.1. The third-order valence-electron chi connectivity index (χ3n) is 6.11. The van der Waals surface area contributed by atoms with E-state index in [-0.39, 0.29) is 18.9 Å². The van der Waals surface area contributed by atoms with Crippen molar-refractivity contribution in [2.45, 2.75) is 32.4 Å². The Hall–Kier alpha value is -3.37. The summed E-state index contributed by atoms with van der Waals surface area (Å²) in [7, 11) is -2.36. The van der Waals surface area contributed by atoms with Crippen molar-refractivity contribution in [3.8, 4) is 5.75 Å². The molecule has 0 spiro atoms. The van der Waals surface area contributed by atoms with Gasteiger partial charge in [-0.1, -0.05) is 71.4 Å². The molecule has 0 fully saturated rings. The highest BCUT2D eigenvalue weighted by atomic mass is 79.9. The van der Waals surface area contributed by atoms with Crippen molar-refractivity contribution in [2.75, 3.05) is 30.8 Å². The van der Waals surface area contributed by atoms with E-state index < -0.39 is 28.5 Å². The van der Waals surface area contributed by atoms with E-state index in [9.17, 15) is 18.0 Å². The van der Waals surface area contributed by atoms with Crippen LogP contribution in [0.3, 0.4) is 0 Å². The lowest BCUT2D eigenvalue weighted by molar-refractivity contribution is -0.140. The van der Waals surface area contributed by atoms with Crippen molar-refractivity contribution in [3.63, 3.8) is 0 Å². The maximum Gasteiger partial charge on any atom is 0.244 e. The minimum absolute atomic E-state index is 0.124. The van der Waals surface area contributed by atoms with Crippen LogP contribution in [0.25, 0.3) is 0 Å². The number of nitrogens with one attached hydrogen (secondary N) is 1. The molecule has 39 heavy (non-hydrogen) atoms. The number of anilines is 1. The quantitative estimate of drug-likeness (QED) is 0.308. The molecule has 1 N–H and O–H groups in total. The number of benzene rings is 3. The number of ether oxygens (including phenoxy) is 1. The van der Waals surface area contributed by atoms with Gasteiger partial charge in [0.2, 0.25) is 21.8 Å². The highest BCUT2D eigenvalue weighted by molar-refractivity contribution is 9.10. The van der Waals surface area contributed by atoms with Crippen molar-refractivity contribution in [1.29, 1.82) is 0 Å². The Balaban J connectivity index is 2.04. The SMILES string of the molecule is CCCNC(=O)C(Cc1ccccc1)N(Cc1ccc(Br)cc1)C(=O)CN(c1cccc(OC)c1)S(C)(=O)=O. The third kappa shape index (κ3) is 8.83. The fraction of sp³-hybridized carbons (Fsp3) is 0.310. The van der Waals surface area contributed by atoms with E-state index in [0.29, 0.717) is 18.0 Å². The third-order valence-corrected chi connectivity index (χ3v) is 7.78. The number of carbonyl (C=O) groups excluding carboxylic acids is 2. The maximum atomic E-state index is 14.0. The minimum Gasteiger partial charge on any atom is -0.497 e. The molecular weight excluding hydrogens is 582 g/mol. The summed E-state index contributed by atoms with van der Waals surface area (Å²) < 4.78 is 32.9. The summed E-state index contributed by atoms with van der Waals surface area (Å²) in [5.41, 5.74) is 1.99. The molecular formula is C29H34BrN3O5S. The first-order chi connectivity index (χ1) is 18.6. The number of hydrogen-bond acceptors (Lipinski definition) is 5. The summed E-state index contributed by atoms with van der Waals surface area (Å²) in [6.45, 7) is 2.06. The summed E-state index contributed by atoms with van der Waals surface area (Å²) in [4.78, 5) is 29.0. The Morgan fingerprint density at radius 3 is 2.28 bits per heavy atom. The van der Waals surface area contributed by atoms with Crippen LogP contribution in [0.4, 0.5) is 5.69 Å². The Morgan fingerprint density at radius 1 is 0.974 bits per heavy atom. The van der Waals surface area contributed by atoms with Crippen molar-refractivity contribution < 1.29 is 22.7 Å². The Labute approximate surface area is 239 Å². The Kier molecular flexibility index (Phi) is 10.9. The Morgan fingerprint density at radius 2 is 1.67 bits per heavy atom. The fourth-order valence-corrected chi connectivity index (χ4v) is 5.19. The molecule has 208 valence electrons. The van der Waals surface area contributed by atoms with Crippen LogP contribution in [-0.2, 0) is 32.6 Å². The maximum absolute atomic E-state index is 14.0. The van der Waals surface area contributed by atoms with Crippen LogP contribution in [0.15, 0.2) is 83.3 Å². The van der Waals surface area contributed by atoms with E-state index in [1.165, 1.54) is 12.0 Å². The summed E-state index contributed by atoms with van der Waals surface area (Å²) >= 11 is 3.43. The smallest absolute Gasteiger partial charge is 0.244 e. The van der Waals surface area contributed by atoms with Gasteiger partial charge in [-0.15, -0.1) is 0 Å². The summed E-state index contributed by atoms with van der Waals surface area (Å²) in [5, 5.41) is 2.92. The molecule has 0 saturated heterocycles. The Bertz CT molecular complexity index is 1350. The molecule has 0 aliphatic heterocycles. The molecule has 10 heteroatoms. The van der Waals surface area contributed by atoms with Crippen molar-refractivity contribution >= 4 is 43.5 Å². The number of rotatable bonds is 13. The molecule has 1 unspecified atom stereocenters. The van der Waals surface area contributed by atoms with E-state index in [2.05, 4.69) is 21.2 Å². The zero-order valence-electron chi connectivity index (χ0n) is 22.3. The number of methoxy groups -OCH3 is 1. The highest BCUT2D eigenvalue weighted by Crippen LogP contribution is 2.24. The topological polar surface area (TPSA) is 96.0 Å². The van der Waals surface area contributed by atoms with Gasteiger partial charge in [-0.2, -0.15) is 0 Å². The molecule has 0 aliphatic rings. The van der Waals surface area contributed by atoms with Gasteiger partial charge in [-0.25, -0.2) is 8.42 Å². The van der Waals surface area contributed by atoms with Crippen LogP contribution in [0.5, 0.6) is 5.75 Å². The van der Waals surface area contributed by atoms with Gasteiger partial charge in [0.15, 0.2) is 0 Å². The van der Waals surface area contributed by atoms with E-state index in [0.717, 1.165) is 32.6 Å². The molecule has 8 nitrogen and oxygen atoms in total. The van der Waals surface area contributed by atoms with Gasteiger partial charge in [0.25, 0.3) is 0 Å². The lowest BCUT2D eigenvalue weighted by Crippen LogP contribution is -2.53. The zero-order valence-corrected chi connectivity index (χ0v) is 24.7. The van der Waals surface area contributed by atoms with Gasteiger partial charge in [-0.3, -0.25) is 13.9 Å². The molecule has 1 atom stereocenters. The second-order valence-electron chi connectivity index (χ2n) is 9.12. The van der Waals surface area contributed by atoms with Gasteiger partial charge in [0.05, 0.1) is 19.1 Å². The average Bonchev–Trinajstić information content (AvgIpc) is 2.93. The number of carbonyl (C=O) groups is 2. The van der Waals surface area contributed by atoms with Gasteiger partial charge in [-0.05, 0) is 41.8 Å². The highest BCUT2D eigenvalue weighted by Gasteiger charge is 2.33. The van der Waals surface area contributed by atoms with E-state index in [4.69, 9.17) is 4.74 Å². The number of sulfonamides is 1. The standard InChI is InChI=1S/C29H34BrN3O5S/c1-4-17-31-29(35)27(18-22-9-6-5-7-10-22)32(20-23-13-15-24(30)16-14-23)28(34)21-33(39(3,36)37)25-11-8-12-26(19-25)38-2/h5-16,19,27H,4,17-18,20-21H2,1-3H3,(H,31,35). The minimum atomic E-state index is -3.85. The molecule has 0 heterocycles. The number of halogens is 1. The molecule has 0 bridgehead atoms. The predicted molar refractivity (Wildman–Crippen MR) is 157 cm³/mol. The van der Waals surface area contributed by atoms with Gasteiger partial charge in [0, 0.05) is 30.0 Å². The largest absolute Gasteiger partial charge is 0.497 e. The summed E-state index contributed by atoms with van der Waals surface area (Å²) in [6.07, 6.45) is 2.06. The molecule has 3 aromatic rings. The summed E-state index contributed by atoms with van der Waals surface area (Å²) in [6, 6.07) is 22.6. The van der Waals surface area contributed by atoms with Crippen LogP contribution in [0, 0.1) is 0 Å². The predicted octanol–water partition coefficient (Wildman–Crippen LogP) is 4.39. The number of nitrogens with zero attached hydrogens (tertiary/aromatic N) is 2. The molecule has 0 radical (unpaired) electrons. The first kappa shape index (κ1) is 30.2. The van der Waals surface area contributed by atoms with Crippen molar-refractivity contribution in [2.24, 2.45) is 0 Å². The van der Waals surface area contributed by atoms with E-state index >= 15 is 0 Å². The van der Waals surface area contributed by atoms with Crippen LogP contribution in [0.1, 0.15) is 24.5 Å². The molecule has 0 aliphatic carbocycles. The lowest BCUT2D eigenvalue weighted by atomic mass is 10.0. The van der Waals surface area contributed by atoms with Crippen LogP contribution < -0.4 is 14.4 Å². The molecule has 0 aromatic heterocycles. The fourth-order valence-electron chi connectivity index (χ4n) is 4.09. The normalized spacial score (nSPS) is 11.9. The first-order valence-corrected chi connectivity index (χ1v) is 15.2. The van der Waals surface area contributed by atoms with Gasteiger partial charge in [0.1, 0.15) is 18.3 Å². The van der Waals surface area contributed by atoms with Crippen LogP contribution >= 0.6 is 15.9 Å². The van der Waals surface area contributed by atoms with Gasteiger partial charge < -0.3 is 15.0 Å². The summed E-state index contributed by atoms with van der Waals surface area (Å²) in [5.74, 6) is -0.335. The van der Waals surface area contributed by atoms with E-state index in [1.54, 1.807) is 24.3 Å². The monoisotopic (exact) mass is 615 g/mol. The number of hydrogen-bond donors (Lipinski definition) is 1. The van der Waals surface area contributed by atoms with Crippen LogP contribution in [0.2, 0.25) is 0 Å².